The number of unbranched alkanes of at least 4 members (excludes halogenated alkanes) is 2. The van der Waals surface area contributed by atoms with Crippen LogP contribution in [0, 0.1) is 0 Å². The Bertz CT molecular complexity index is 339. The van der Waals surface area contributed by atoms with Gasteiger partial charge in [0.2, 0.25) is 5.91 Å². The van der Waals surface area contributed by atoms with E-state index in [2.05, 4.69) is 24.2 Å². The van der Waals surface area contributed by atoms with Crippen LogP contribution in [0.15, 0.2) is 4.99 Å². The van der Waals surface area contributed by atoms with E-state index in [1.165, 1.54) is 0 Å². The molecule has 8 nitrogen and oxygen atoms in total. The molecule has 0 aromatic heterocycles. The van der Waals surface area contributed by atoms with Crippen molar-refractivity contribution in [1.29, 1.82) is 0 Å². The number of hydrogen-bond donors (Lipinski definition) is 4. The molecular weight excluding hydrogens is 310 g/mol. The summed E-state index contributed by atoms with van der Waals surface area (Å²) in [5.41, 5.74) is 16.1. The molecule has 0 aromatic rings. The van der Waals surface area contributed by atoms with Gasteiger partial charge in [-0.25, -0.2) is 0 Å². The van der Waals surface area contributed by atoms with Gasteiger partial charge in [0.25, 0.3) is 0 Å². The standard InChI is InChI=1S/C16H35N5O3/c1-3-5-10-23-15(24-11-6-4-2)13(21-14(22)12-17)8-7-9-20-16(18)19/h13,15H,3-12,17H2,1-2H3,(H,21,22)(H4,18,19,20)/t13-/m0/s1. The van der Waals surface area contributed by atoms with Crippen molar-refractivity contribution < 1.29 is 14.3 Å². The zero-order valence-electron chi connectivity index (χ0n) is 15.1. The molecular formula is C16H35N5O3. The number of aliphatic imine (C=N–C) groups is 1. The number of ether oxygens (including phenoxy) is 2. The zero-order valence-corrected chi connectivity index (χ0v) is 15.1. The van der Waals surface area contributed by atoms with Crippen LogP contribution in [0.4, 0.5) is 0 Å². The van der Waals surface area contributed by atoms with E-state index in [0.29, 0.717) is 32.6 Å². The molecule has 0 unspecified atom stereocenters. The molecule has 0 aromatic carbocycles. The van der Waals surface area contributed by atoms with Crippen molar-refractivity contribution in [1.82, 2.24) is 5.32 Å². The van der Waals surface area contributed by atoms with Crippen molar-refractivity contribution in [3.8, 4) is 0 Å². The first-order valence-corrected chi connectivity index (χ1v) is 8.83. The van der Waals surface area contributed by atoms with Crippen molar-refractivity contribution in [3.05, 3.63) is 0 Å². The Balaban J connectivity index is 4.71. The Kier molecular flexibility index (Phi) is 14.3. The summed E-state index contributed by atoms with van der Waals surface area (Å²) in [6.07, 6.45) is 4.82. The quantitative estimate of drug-likeness (QED) is 0.147. The summed E-state index contributed by atoms with van der Waals surface area (Å²) in [6, 6.07) is -0.274. The number of nitrogens with zero attached hydrogens (tertiary/aromatic N) is 1. The molecule has 0 fully saturated rings. The van der Waals surface area contributed by atoms with Crippen LogP contribution in [-0.4, -0.2) is 50.5 Å². The van der Waals surface area contributed by atoms with Crippen molar-refractivity contribution in [3.63, 3.8) is 0 Å². The van der Waals surface area contributed by atoms with Gasteiger partial charge in [-0.2, -0.15) is 0 Å². The summed E-state index contributed by atoms with van der Waals surface area (Å²) in [5, 5.41) is 2.88. The average molecular weight is 345 g/mol. The highest BCUT2D eigenvalue weighted by Crippen LogP contribution is 2.11. The molecule has 1 amide bonds. The number of carbonyl (C=O) groups is 1. The molecule has 8 heteroatoms. The fraction of sp³-hybridized carbons (Fsp3) is 0.875. The second kappa shape index (κ2) is 15.2. The first-order valence-electron chi connectivity index (χ1n) is 8.83. The number of guanidine groups is 1. The van der Waals surface area contributed by atoms with Crippen LogP contribution in [0.5, 0.6) is 0 Å². The van der Waals surface area contributed by atoms with Crippen LogP contribution in [0.3, 0.4) is 0 Å². The first-order chi connectivity index (χ1) is 11.5. The van der Waals surface area contributed by atoms with E-state index in [1.54, 1.807) is 0 Å². The van der Waals surface area contributed by atoms with E-state index in [1.807, 2.05) is 0 Å². The van der Waals surface area contributed by atoms with E-state index >= 15 is 0 Å². The molecule has 7 N–H and O–H groups in total. The minimum Gasteiger partial charge on any atom is -0.370 e. The Morgan fingerprint density at radius 2 is 1.67 bits per heavy atom. The number of nitrogens with two attached hydrogens (primary N) is 3. The highest BCUT2D eigenvalue weighted by atomic mass is 16.7. The minimum atomic E-state index is -0.488. The Morgan fingerprint density at radius 1 is 1.08 bits per heavy atom. The van der Waals surface area contributed by atoms with Gasteiger partial charge < -0.3 is 32.0 Å². The SMILES string of the molecule is CCCCOC(OCCCC)[C@H](CCCN=C(N)N)NC(=O)CN. The number of nitrogens with one attached hydrogen (secondary N) is 1. The largest absolute Gasteiger partial charge is 0.370 e. The topological polar surface area (TPSA) is 138 Å². The van der Waals surface area contributed by atoms with Crippen LogP contribution in [0.25, 0.3) is 0 Å². The maximum Gasteiger partial charge on any atom is 0.234 e. The zero-order chi connectivity index (χ0) is 18.2. The summed E-state index contributed by atoms with van der Waals surface area (Å²) in [7, 11) is 0. The molecule has 0 aliphatic carbocycles. The molecule has 0 rings (SSSR count). The summed E-state index contributed by atoms with van der Waals surface area (Å²) < 4.78 is 11.7. The predicted molar refractivity (Wildman–Crippen MR) is 96.4 cm³/mol. The average Bonchev–Trinajstić information content (AvgIpc) is 2.56. The van der Waals surface area contributed by atoms with Gasteiger partial charge in [0.1, 0.15) is 0 Å². The van der Waals surface area contributed by atoms with Gasteiger partial charge in [0.05, 0.1) is 12.6 Å². The maximum absolute atomic E-state index is 11.7. The van der Waals surface area contributed by atoms with Crippen LogP contribution in [-0.2, 0) is 14.3 Å². The van der Waals surface area contributed by atoms with Gasteiger partial charge in [-0.3, -0.25) is 9.79 Å². The third-order valence-electron chi connectivity index (χ3n) is 3.39. The van der Waals surface area contributed by atoms with E-state index in [9.17, 15) is 4.79 Å². The normalized spacial score (nSPS) is 12.2. The van der Waals surface area contributed by atoms with Crippen molar-refractivity contribution in [2.24, 2.45) is 22.2 Å². The lowest BCUT2D eigenvalue weighted by molar-refractivity contribution is -0.165. The van der Waals surface area contributed by atoms with Crippen molar-refractivity contribution in [2.45, 2.75) is 64.7 Å². The third kappa shape index (κ3) is 12.1. The van der Waals surface area contributed by atoms with Crippen molar-refractivity contribution in [2.75, 3.05) is 26.3 Å². The van der Waals surface area contributed by atoms with Crippen LogP contribution in [0.1, 0.15) is 52.4 Å². The highest BCUT2D eigenvalue weighted by molar-refractivity contribution is 5.78. The highest BCUT2D eigenvalue weighted by Gasteiger charge is 2.24. The fourth-order valence-electron chi connectivity index (χ4n) is 2.03. The van der Waals surface area contributed by atoms with E-state index in [0.717, 1.165) is 25.7 Å². The molecule has 0 bridgehead atoms. The fourth-order valence-corrected chi connectivity index (χ4v) is 2.03. The van der Waals surface area contributed by atoms with Gasteiger partial charge in [-0.15, -0.1) is 0 Å². The number of amides is 1. The summed E-state index contributed by atoms with van der Waals surface area (Å²) >= 11 is 0. The number of hydrogen-bond acceptors (Lipinski definition) is 5. The van der Waals surface area contributed by atoms with Gasteiger partial charge in [-0.1, -0.05) is 26.7 Å². The van der Waals surface area contributed by atoms with Gasteiger partial charge in [-0.05, 0) is 25.7 Å². The molecule has 0 saturated carbocycles. The van der Waals surface area contributed by atoms with Crippen LogP contribution in [0.2, 0.25) is 0 Å². The Morgan fingerprint density at radius 3 is 2.12 bits per heavy atom. The summed E-state index contributed by atoms with van der Waals surface area (Å²) in [5.74, 6) is -0.169. The third-order valence-corrected chi connectivity index (χ3v) is 3.39. The van der Waals surface area contributed by atoms with Gasteiger partial charge >= 0.3 is 0 Å². The molecule has 0 saturated heterocycles. The molecule has 0 heterocycles. The minimum absolute atomic E-state index is 0.0625. The first kappa shape index (κ1) is 22.6. The molecule has 0 spiro atoms. The monoisotopic (exact) mass is 345 g/mol. The molecule has 142 valence electrons. The van der Waals surface area contributed by atoms with Crippen molar-refractivity contribution >= 4 is 11.9 Å². The smallest absolute Gasteiger partial charge is 0.234 e. The molecule has 0 aliphatic heterocycles. The maximum atomic E-state index is 11.7. The number of rotatable bonds is 15. The van der Waals surface area contributed by atoms with E-state index in [-0.39, 0.29) is 24.5 Å². The van der Waals surface area contributed by atoms with Crippen LogP contribution < -0.4 is 22.5 Å². The number of carbonyl (C=O) groups excluding carboxylic acids is 1. The summed E-state index contributed by atoms with van der Waals surface area (Å²) in [4.78, 5) is 15.7. The van der Waals surface area contributed by atoms with Gasteiger partial charge in [0, 0.05) is 19.8 Å². The molecule has 0 aliphatic rings. The van der Waals surface area contributed by atoms with E-state index in [4.69, 9.17) is 26.7 Å². The van der Waals surface area contributed by atoms with E-state index < -0.39 is 6.29 Å². The lowest BCUT2D eigenvalue weighted by Crippen LogP contribution is -2.48. The summed E-state index contributed by atoms with van der Waals surface area (Å²) in [6.45, 7) is 5.81. The second-order valence-electron chi connectivity index (χ2n) is 5.64. The second-order valence-corrected chi connectivity index (χ2v) is 5.64. The lowest BCUT2D eigenvalue weighted by Gasteiger charge is -2.28. The van der Waals surface area contributed by atoms with Crippen LogP contribution >= 0.6 is 0 Å². The Hall–Kier alpha value is -1.38. The molecule has 0 radical (unpaired) electrons. The molecule has 24 heavy (non-hydrogen) atoms. The predicted octanol–water partition coefficient (Wildman–Crippen LogP) is 0.443. The Labute approximate surface area is 145 Å². The van der Waals surface area contributed by atoms with Gasteiger partial charge in [0.15, 0.2) is 12.2 Å². The molecule has 1 atom stereocenters. The lowest BCUT2D eigenvalue weighted by atomic mass is 10.1.